The van der Waals surface area contributed by atoms with Gasteiger partial charge < -0.3 is 26.2 Å². The van der Waals surface area contributed by atoms with Crippen molar-refractivity contribution in [2.75, 3.05) is 24.7 Å². The van der Waals surface area contributed by atoms with Gasteiger partial charge in [-0.15, -0.1) is 0 Å². The summed E-state index contributed by atoms with van der Waals surface area (Å²) in [5.74, 6) is -3.12. The maximum Gasteiger partial charge on any atom is 0.326 e. The molecule has 2 amide bonds. The zero-order valence-corrected chi connectivity index (χ0v) is 17.6. The van der Waals surface area contributed by atoms with Gasteiger partial charge in [0.2, 0.25) is 5.91 Å². The number of aliphatic imine (C=N–C) groups is 1. The lowest BCUT2D eigenvalue weighted by molar-refractivity contribution is -0.140. The molecule has 2 saturated heterocycles. The van der Waals surface area contributed by atoms with E-state index in [0.29, 0.717) is 19.8 Å². The minimum Gasteiger partial charge on any atom is -0.481 e. The summed E-state index contributed by atoms with van der Waals surface area (Å²) < 4.78 is 0. The Hall–Kier alpha value is -3.71. The number of nitrogens with zero attached hydrogens (tertiary/aromatic N) is 3. The number of carbonyl (C=O) groups is 4. The van der Waals surface area contributed by atoms with Crippen molar-refractivity contribution in [3.05, 3.63) is 29.8 Å². The Balaban J connectivity index is 1.41. The van der Waals surface area contributed by atoms with Crippen LogP contribution in [0, 0.1) is 0 Å². The molecule has 2 fully saturated rings. The van der Waals surface area contributed by atoms with Crippen LogP contribution in [-0.4, -0.2) is 88.9 Å². The average Bonchev–Trinajstić information content (AvgIpc) is 3.20. The van der Waals surface area contributed by atoms with Gasteiger partial charge in [0.1, 0.15) is 18.2 Å². The first-order valence-electron chi connectivity index (χ1n) is 10.5. The molecule has 3 aliphatic rings. The fourth-order valence-corrected chi connectivity index (χ4v) is 4.35. The second kappa shape index (κ2) is 9.03. The zero-order valence-electron chi connectivity index (χ0n) is 17.6. The smallest absolute Gasteiger partial charge is 0.326 e. The number of nitrogens with one attached hydrogen (secondary N) is 3. The predicted octanol–water partition coefficient (Wildman–Crippen LogP) is -2.08. The Morgan fingerprint density at radius 3 is 2.64 bits per heavy atom. The number of rotatable bonds is 7. The number of carboxylic acid groups (broad SMARTS) is 2. The van der Waals surface area contributed by atoms with E-state index in [0.717, 1.165) is 5.69 Å². The first kappa shape index (κ1) is 22.5. The van der Waals surface area contributed by atoms with E-state index in [1.54, 1.807) is 24.3 Å². The monoisotopic (exact) mass is 459 g/mol. The molecule has 1 aromatic carbocycles. The van der Waals surface area contributed by atoms with Crippen molar-refractivity contribution in [3.8, 4) is 0 Å². The molecule has 3 unspecified atom stereocenters. The number of anilines is 1. The van der Waals surface area contributed by atoms with Gasteiger partial charge in [0.15, 0.2) is 5.96 Å². The number of piperazine rings is 1. The summed E-state index contributed by atoms with van der Waals surface area (Å²) in [6.07, 6.45) is -0.974. The zero-order chi connectivity index (χ0) is 23.7. The summed E-state index contributed by atoms with van der Waals surface area (Å²) in [4.78, 5) is 55.4. The van der Waals surface area contributed by atoms with E-state index in [1.165, 1.54) is 0 Å². The van der Waals surface area contributed by atoms with E-state index in [4.69, 9.17) is 10.8 Å². The van der Waals surface area contributed by atoms with Crippen molar-refractivity contribution < 1.29 is 29.4 Å². The number of hydrogen-bond acceptors (Lipinski definition) is 9. The van der Waals surface area contributed by atoms with Gasteiger partial charge in [0.25, 0.3) is 5.91 Å². The molecule has 176 valence electrons. The third-order valence-corrected chi connectivity index (χ3v) is 6.00. The summed E-state index contributed by atoms with van der Waals surface area (Å²) in [5, 5.41) is 26.2. The first-order valence-corrected chi connectivity index (χ1v) is 10.5. The summed E-state index contributed by atoms with van der Waals surface area (Å²) in [6, 6.07) is 5.01. The van der Waals surface area contributed by atoms with Gasteiger partial charge in [-0.05, 0) is 30.7 Å². The second-order valence-corrected chi connectivity index (χ2v) is 8.18. The summed E-state index contributed by atoms with van der Waals surface area (Å²) in [5.41, 5.74) is 6.77. The van der Waals surface area contributed by atoms with Crippen LogP contribution in [0.2, 0.25) is 0 Å². The van der Waals surface area contributed by atoms with Crippen molar-refractivity contribution in [1.82, 2.24) is 20.9 Å². The van der Waals surface area contributed by atoms with Crippen LogP contribution in [0.25, 0.3) is 0 Å². The highest BCUT2D eigenvalue weighted by Crippen LogP contribution is 2.28. The van der Waals surface area contributed by atoms with Crippen LogP contribution in [0.3, 0.4) is 0 Å². The molecule has 0 saturated carbocycles. The Morgan fingerprint density at radius 1 is 1.24 bits per heavy atom. The number of fused-ring (bicyclic) bond motifs is 3. The van der Waals surface area contributed by atoms with E-state index in [1.807, 2.05) is 0 Å². The fourth-order valence-electron chi connectivity index (χ4n) is 4.35. The van der Waals surface area contributed by atoms with Crippen LogP contribution in [0.1, 0.15) is 23.2 Å². The highest BCUT2D eigenvalue weighted by Gasteiger charge is 2.47. The van der Waals surface area contributed by atoms with Gasteiger partial charge in [-0.25, -0.2) is 9.79 Å². The van der Waals surface area contributed by atoms with Crippen LogP contribution in [0.5, 0.6) is 0 Å². The third kappa shape index (κ3) is 4.73. The van der Waals surface area contributed by atoms with Crippen LogP contribution in [0.15, 0.2) is 29.3 Å². The van der Waals surface area contributed by atoms with E-state index in [9.17, 15) is 24.3 Å². The van der Waals surface area contributed by atoms with Crippen molar-refractivity contribution in [2.45, 2.75) is 37.1 Å². The molecule has 0 spiro atoms. The Bertz CT molecular complexity index is 997. The van der Waals surface area contributed by atoms with Gasteiger partial charge >= 0.3 is 11.9 Å². The second-order valence-electron chi connectivity index (χ2n) is 8.18. The van der Waals surface area contributed by atoms with Crippen LogP contribution < -0.4 is 26.6 Å². The molecule has 13 heteroatoms. The Morgan fingerprint density at radius 2 is 1.97 bits per heavy atom. The SMILES string of the molecule is NC1=NC2NCC3CN(c4ccc(C(=O)N[C@@H](CCC(=O)O)C(=O)O)cc4)CN3C2C(=O)N1. The van der Waals surface area contributed by atoms with Gasteiger partial charge in [-0.1, -0.05) is 0 Å². The number of aliphatic carboxylic acids is 2. The molecule has 33 heavy (non-hydrogen) atoms. The van der Waals surface area contributed by atoms with Crippen LogP contribution >= 0.6 is 0 Å². The van der Waals surface area contributed by atoms with Crippen LogP contribution in [0.4, 0.5) is 5.69 Å². The average molecular weight is 459 g/mol. The lowest BCUT2D eigenvalue weighted by Crippen LogP contribution is -2.68. The van der Waals surface area contributed by atoms with Crippen molar-refractivity contribution in [3.63, 3.8) is 0 Å². The Kier molecular flexibility index (Phi) is 6.16. The van der Waals surface area contributed by atoms with E-state index in [2.05, 4.69) is 30.7 Å². The predicted molar refractivity (Wildman–Crippen MR) is 115 cm³/mol. The molecule has 3 heterocycles. The van der Waals surface area contributed by atoms with Crippen molar-refractivity contribution >= 4 is 35.4 Å². The molecule has 7 N–H and O–H groups in total. The third-order valence-electron chi connectivity index (χ3n) is 6.00. The summed E-state index contributed by atoms with van der Waals surface area (Å²) >= 11 is 0. The normalized spacial score (nSPS) is 25.3. The largest absolute Gasteiger partial charge is 0.481 e. The molecular weight excluding hydrogens is 434 g/mol. The van der Waals surface area contributed by atoms with Crippen molar-refractivity contribution in [2.24, 2.45) is 10.7 Å². The lowest BCUT2D eigenvalue weighted by atomic mass is 10.1. The minimum atomic E-state index is -1.29. The standard InChI is InChI=1S/C20H25N7O6/c21-20-24-16-15(18(31)25-20)27-9-26(8-12(27)7-22-16)11-3-1-10(2-4-11)17(30)23-13(19(32)33)5-6-14(28)29/h1-4,12-13,15-16,22H,5-9H2,(H,23,30)(H,28,29)(H,32,33)(H3,21,24,25,31)/t12?,13-,15?,16?/m0/s1. The molecule has 3 aliphatic heterocycles. The van der Waals surface area contributed by atoms with Gasteiger partial charge in [-0.2, -0.15) is 0 Å². The van der Waals surface area contributed by atoms with Gasteiger partial charge in [0, 0.05) is 36.8 Å². The molecule has 0 aliphatic carbocycles. The molecule has 4 atom stereocenters. The molecule has 0 aromatic heterocycles. The van der Waals surface area contributed by atoms with E-state index < -0.39 is 36.1 Å². The van der Waals surface area contributed by atoms with Gasteiger partial charge in [0.05, 0.1) is 6.67 Å². The maximum atomic E-state index is 12.5. The molecule has 1 aromatic rings. The minimum absolute atomic E-state index is 0.0973. The van der Waals surface area contributed by atoms with E-state index >= 15 is 0 Å². The molecule has 13 nitrogen and oxygen atoms in total. The first-order chi connectivity index (χ1) is 15.7. The maximum absolute atomic E-state index is 12.5. The number of amides is 2. The highest BCUT2D eigenvalue weighted by atomic mass is 16.4. The van der Waals surface area contributed by atoms with Crippen LogP contribution in [-0.2, 0) is 14.4 Å². The number of guanidine groups is 1. The Labute approximate surface area is 188 Å². The molecule has 0 bridgehead atoms. The number of carbonyl (C=O) groups excluding carboxylic acids is 2. The van der Waals surface area contributed by atoms with Crippen molar-refractivity contribution in [1.29, 1.82) is 0 Å². The molecular formula is C20H25N7O6. The fraction of sp³-hybridized carbons (Fsp3) is 0.450. The number of nitrogens with two attached hydrogens (primary N) is 1. The number of hydrogen-bond donors (Lipinski definition) is 6. The van der Waals surface area contributed by atoms with Gasteiger partial charge in [-0.3, -0.25) is 29.9 Å². The number of benzene rings is 1. The topological polar surface area (TPSA) is 190 Å². The highest BCUT2D eigenvalue weighted by molar-refractivity contribution is 6.01. The quantitative estimate of drug-likeness (QED) is 0.264. The number of carboxylic acids is 2. The molecule has 0 radical (unpaired) electrons. The summed E-state index contributed by atoms with van der Waals surface area (Å²) in [7, 11) is 0. The lowest BCUT2D eigenvalue weighted by Gasteiger charge is -2.41. The molecule has 4 rings (SSSR count). The van der Waals surface area contributed by atoms with E-state index in [-0.39, 0.29) is 36.3 Å². The summed E-state index contributed by atoms with van der Waals surface area (Å²) in [6.45, 7) is 1.82.